The zero-order chi connectivity index (χ0) is 17.8. The summed E-state index contributed by atoms with van der Waals surface area (Å²) in [6, 6.07) is 12.4. The summed E-state index contributed by atoms with van der Waals surface area (Å²) < 4.78 is 5.89. The first-order valence-corrected chi connectivity index (χ1v) is 9.00. The number of ether oxygens (including phenoxy) is 1. The van der Waals surface area contributed by atoms with Crippen LogP contribution in [-0.4, -0.2) is 30.9 Å². The average molecular weight is 379 g/mol. The molecule has 25 heavy (non-hydrogen) atoms. The highest BCUT2D eigenvalue weighted by Gasteiger charge is 2.24. The number of carbonyl (C=O) groups excluding carboxylic acids is 1. The van der Waals surface area contributed by atoms with Gasteiger partial charge in [0.1, 0.15) is 5.75 Å². The monoisotopic (exact) mass is 378 g/mol. The average Bonchev–Trinajstić information content (AvgIpc) is 2.59. The van der Waals surface area contributed by atoms with Gasteiger partial charge in [-0.25, -0.2) is 0 Å². The minimum atomic E-state index is 0.0309. The van der Waals surface area contributed by atoms with E-state index in [0.29, 0.717) is 27.2 Å². The molecule has 1 aliphatic heterocycles. The Morgan fingerprint density at radius 3 is 2.56 bits per heavy atom. The summed E-state index contributed by atoms with van der Waals surface area (Å²) in [5, 5.41) is 3.96. The van der Waals surface area contributed by atoms with Gasteiger partial charge in [0, 0.05) is 10.9 Å². The van der Waals surface area contributed by atoms with Crippen molar-refractivity contribution in [3.63, 3.8) is 0 Å². The van der Waals surface area contributed by atoms with Gasteiger partial charge in [-0.15, -0.1) is 0 Å². The maximum Gasteiger partial charge on any atom is 0.227 e. The van der Waals surface area contributed by atoms with Gasteiger partial charge in [0.25, 0.3) is 0 Å². The second-order valence-corrected chi connectivity index (χ2v) is 7.08. The van der Waals surface area contributed by atoms with Crippen LogP contribution in [0.3, 0.4) is 0 Å². The summed E-state index contributed by atoms with van der Waals surface area (Å²) in [6.45, 7) is 1.88. The predicted octanol–water partition coefficient (Wildman–Crippen LogP) is 5.07. The summed E-state index contributed by atoms with van der Waals surface area (Å²) in [5.41, 5.74) is 0.637. The molecule has 0 radical (unpaired) electrons. The number of likely N-dealkylation sites (tertiary alicyclic amines) is 1. The van der Waals surface area contributed by atoms with Crippen LogP contribution in [0, 0.1) is 5.92 Å². The molecule has 0 aliphatic carbocycles. The van der Waals surface area contributed by atoms with Gasteiger partial charge in [-0.05, 0) is 63.3 Å². The van der Waals surface area contributed by atoms with Crippen molar-refractivity contribution < 1.29 is 9.53 Å². The van der Waals surface area contributed by atoms with E-state index >= 15 is 0 Å². The number of piperidine rings is 1. The third kappa shape index (κ3) is 4.66. The lowest BCUT2D eigenvalue weighted by atomic mass is 9.96. The Kier molecular flexibility index (Phi) is 5.84. The standard InChI is InChI=1S/C19H20Cl2N2O2/c1-23-10-8-13(9-11-23)19(24)22-16-4-2-3-5-18(16)25-17-7-6-14(20)12-15(17)21/h2-7,12-13H,8-11H2,1H3,(H,22,24). The number of carbonyl (C=O) groups is 1. The molecule has 3 rings (SSSR count). The van der Waals surface area contributed by atoms with E-state index in [1.165, 1.54) is 0 Å². The second kappa shape index (κ2) is 8.09. The molecule has 0 bridgehead atoms. The van der Waals surface area contributed by atoms with Crippen LogP contribution >= 0.6 is 23.2 Å². The van der Waals surface area contributed by atoms with Crippen LogP contribution in [-0.2, 0) is 4.79 Å². The Hall–Kier alpha value is -1.75. The number of para-hydroxylation sites is 2. The number of nitrogens with zero attached hydrogens (tertiary/aromatic N) is 1. The Labute approximate surface area is 157 Å². The topological polar surface area (TPSA) is 41.6 Å². The van der Waals surface area contributed by atoms with Gasteiger partial charge in [0.2, 0.25) is 5.91 Å². The summed E-state index contributed by atoms with van der Waals surface area (Å²) in [5.74, 6) is 1.11. The molecular weight excluding hydrogens is 359 g/mol. The van der Waals surface area contributed by atoms with Gasteiger partial charge in [-0.3, -0.25) is 4.79 Å². The number of anilines is 1. The van der Waals surface area contributed by atoms with Crippen molar-refractivity contribution in [2.75, 3.05) is 25.5 Å². The molecule has 1 amide bonds. The first-order valence-electron chi connectivity index (χ1n) is 8.24. The van der Waals surface area contributed by atoms with Crippen LogP contribution in [0.15, 0.2) is 42.5 Å². The van der Waals surface area contributed by atoms with Gasteiger partial charge in [0.15, 0.2) is 5.75 Å². The highest BCUT2D eigenvalue weighted by atomic mass is 35.5. The molecule has 0 unspecified atom stereocenters. The number of rotatable bonds is 4. The number of nitrogens with one attached hydrogen (secondary N) is 1. The third-order valence-corrected chi connectivity index (χ3v) is 4.88. The van der Waals surface area contributed by atoms with Crippen LogP contribution < -0.4 is 10.1 Å². The molecule has 0 atom stereocenters. The molecule has 2 aromatic carbocycles. The summed E-state index contributed by atoms with van der Waals surface area (Å²) in [4.78, 5) is 14.8. The number of benzene rings is 2. The van der Waals surface area contributed by atoms with E-state index in [2.05, 4.69) is 17.3 Å². The summed E-state index contributed by atoms with van der Waals surface area (Å²) in [7, 11) is 2.08. The lowest BCUT2D eigenvalue weighted by molar-refractivity contribution is -0.121. The van der Waals surface area contributed by atoms with E-state index in [0.717, 1.165) is 25.9 Å². The molecule has 1 N–H and O–H groups in total. The van der Waals surface area contributed by atoms with Crippen molar-refractivity contribution in [2.45, 2.75) is 12.8 Å². The molecule has 1 saturated heterocycles. The third-order valence-electron chi connectivity index (χ3n) is 4.35. The largest absolute Gasteiger partial charge is 0.454 e. The summed E-state index contributed by atoms with van der Waals surface area (Å²) in [6.07, 6.45) is 1.74. The van der Waals surface area contributed by atoms with Crippen molar-refractivity contribution in [2.24, 2.45) is 5.92 Å². The van der Waals surface area contributed by atoms with Crippen molar-refractivity contribution in [1.82, 2.24) is 4.90 Å². The summed E-state index contributed by atoms with van der Waals surface area (Å²) >= 11 is 12.1. The fraction of sp³-hybridized carbons (Fsp3) is 0.316. The van der Waals surface area contributed by atoms with Crippen LogP contribution in [0.5, 0.6) is 11.5 Å². The Balaban J connectivity index is 1.73. The molecule has 0 saturated carbocycles. The molecule has 6 heteroatoms. The normalized spacial score (nSPS) is 15.8. The van der Waals surface area contributed by atoms with Gasteiger partial charge in [-0.1, -0.05) is 35.3 Å². The molecule has 132 valence electrons. The Morgan fingerprint density at radius 1 is 1.12 bits per heavy atom. The lowest BCUT2D eigenvalue weighted by Crippen LogP contribution is -2.35. The molecular formula is C19H20Cl2N2O2. The zero-order valence-corrected chi connectivity index (χ0v) is 15.5. The molecule has 0 aromatic heterocycles. The molecule has 4 nitrogen and oxygen atoms in total. The fourth-order valence-corrected chi connectivity index (χ4v) is 3.29. The van der Waals surface area contributed by atoms with Crippen LogP contribution in [0.4, 0.5) is 5.69 Å². The van der Waals surface area contributed by atoms with E-state index in [4.69, 9.17) is 27.9 Å². The fourth-order valence-electron chi connectivity index (χ4n) is 2.84. The smallest absolute Gasteiger partial charge is 0.227 e. The van der Waals surface area contributed by atoms with E-state index < -0.39 is 0 Å². The first kappa shape index (κ1) is 18.1. The van der Waals surface area contributed by atoms with Crippen molar-refractivity contribution in [1.29, 1.82) is 0 Å². The quantitative estimate of drug-likeness (QED) is 0.807. The van der Waals surface area contributed by atoms with E-state index in [-0.39, 0.29) is 11.8 Å². The minimum absolute atomic E-state index is 0.0309. The van der Waals surface area contributed by atoms with Crippen LogP contribution in [0.2, 0.25) is 10.0 Å². The molecule has 1 heterocycles. The maximum atomic E-state index is 12.6. The number of hydrogen-bond acceptors (Lipinski definition) is 3. The minimum Gasteiger partial charge on any atom is -0.454 e. The van der Waals surface area contributed by atoms with Crippen molar-refractivity contribution in [3.05, 3.63) is 52.5 Å². The highest BCUT2D eigenvalue weighted by molar-refractivity contribution is 6.35. The Bertz CT molecular complexity index is 759. The second-order valence-electron chi connectivity index (χ2n) is 6.24. The van der Waals surface area contributed by atoms with E-state index in [9.17, 15) is 4.79 Å². The van der Waals surface area contributed by atoms with Gasteiger partial charge in [-0.2, -0.15) is 0 Å². The molecule has 0 spiro atoms. The van der Waals surface area contributed by atoms with Gasteiger partial charge >= 0.3 is 0 Å². The highest BCUT2D eigenvalue weighted by Crippen LogP contribution is 2.35. The number of hydrogen-bond donors (Lipinski definition) is 1. The van der Waals surface area contributed by atoms with Crippen LogP contribution in [0.25, 0.3) is 0 Å². The molecule has 1 fully saturated rings. The van der Waals surface area contributed by atoms with Crippen LogP contribution in [0.1, 0.15) is 12.8 Å². The van der Waals surface area contributed by atoms with Gasteiger partial charge < -0.3 is 15.0 Å². The van der Waals surface area contributed by atoms with E-state index in [1.807, 2.05) is 18.2 Å². The SMILES string of the molecule is CN1CCC(C(=O)Nc2ccccc2Oc2ccc(Cl)cc2Cl)CC1. The Morgan fingerprint density at radius 2 is 1.84 bits per heavy atom. The van der Waals surface area contributed by atoms with Gasteiger partial charge in [0.05, 0.1) is 10.7 Å². The molecule has 1 aliphatic rings. The first-order chi connectivity index (χ1) is 12.0. The van der Waals surface area contributed by atoms with Crippen molar-refractivity contribution >= 4 is 34.8 Å². The maximum absolute atomic E-state index is 12.6. The zero-order valence-electron chi connectivity index (χ0n) is 14.0. The number of amides is 1. The number of halogens is 2. The van der Waals surface area contributed by atoms with Crippen molar-refractivity contribution in [3.8, 4) is 11.5 Å². The lowest BCUT2D eigenvalue weighted by Gasteiger charge is -2.28. The van der Waals surface area contributed by atoms with E-state index in [1.54, 1.807) is 24.3 Å². The molecule has 2 aromatic rings. The predicted molar refractivity (Wildman–Crippen MR) is 102 cm³/mol.